The summed E-state index contributed by atoms with van der Waals surface area (Å²) in [6, 6.07) is 9.11. The molecule has 1 N–H and O–H groups in total. The van der Waals surface area contributed by atoms with E-state index in [4.69, 9.17) is 10.00 Å². The third kappa shape index (κ3) is 4.55. The molecule has 0 aromatic heterocycles. The molecule has 5 heteroatoms. The third-order valence-electron chi connectivity index (χ3n) is 3.55. The van der Waals surface area contributed by atoms with Crippen LogP contribution in [0.1, 0.15) is 25.3 Å². The summed E-state index contributed by atoms with van der Waals surface area (Å²) in [6.45, 7) is 4.74. The minimum atomic E-state index is -0.0881. The number of para-hydroxylation sites is 1. The van der Waals surface area contributed by atoms with Gasteiger partial charge in [0.05, 0.1) is 23.9 Å². The van der Waals surface area contributed by atoms with E-state index in [0.29, 0.717) is 24.4 Å². The highest BCUT2D eigenvalue weighted by molar-refractivity contribution is 5.93. The van der Waals surface area contributed by atoms with Gasteiger partial charge in [0.15, 0.2) is 0 Å². The average molecular weight is 287 g/mol. The second-order valence-corrected chi connectivity index (χ2v) is 5.16. The van der Waals surface area contributed by atoms with Crippen LogP contribution in [-0.2, 0) is 9.53 Å². The van der Waals surface area contributed by atoms with Crippen LogP contribution in [0.15, 0.2) is 24.3 Å². The molecule has 2 rings (SSSR count). The van der Waals surface area contributed by atoms with Gasteiger partial charge in [0.2, 0.25) is 5.91 Å². The summed E-state index contributed by atoms with van der Waals surface area (Å²) in [7, 11) is 0. The minimum absolute atomic E-state index is 0.0881. The monoisotopic (exact) mass is 287 g/mol. The number of rotatable bonds is 5. The number of ether oxygens (including phenoxy) is 1. The number of anilines is 1. The lowest BCUT2D eigenvalue weighted by molar-refractivity contribution is -0.118. The first-order valence-electron chi connectivity index (χ1n) is 7.36. The Morgan fingerprint density at radius 3 is 3.10 bits per heavy atom. The number of hydrogen-bond acceptors (Lipinski definition) is 4. The van der Waals surface area contributed by atoms with Crippen LogP contribution in [0, 0.1) is 11.3 Å². The van der Waals surface area contributed by atoms with Gasteiger partial charge in [-0.15, -0.1) is 0 Å². The molecule has 112 valence electrons. The fourth-order valence-corrected chi connectivity index (χ4v) is 2.61. The Kier molecular flexibility index (Phi) is 5.73. The molecule has 0 saturated carbocycles. The summed E-state index contributed by atoms with van der Waals surface area (Å²) in [5, 5.41) is 11.8. The molecule has 5 nitrogen and oxygen atoms in total. The van der Waals surface area contributed by atoms with Gasteiger partial charge in [-0.05, 0) is 38.4 Å². The number of carbonyl (C=O) groups is 1. The maximum absolute atomic E-state index is 12.1. The highest BCUT2D eigenvalue weighted by Crippen LogP contribution is 2.15. The average Bonchev–Trinajstić information content (AvgIpc) is 2.48. The molecule has 1 heterocycles. The highest BCUT2D eigenvalue weighted by atomic mass is 16.5. The van der Waals surface area contributed by atoms with Crippen LogP contribution < -0.4 is 5.32 Å². The molecule has 0 spiro atoms. The van der Waals surface area contributed by atoms with Crippen LogP contribution in [-0.4, -0.2) is 43.2 Å². The Labute approximate surface area is 125 Å². The quantitative estimate of drug-likeness (QED) is 0.899. The van der Waals surface area contributed by atoms with E-state index >= 15 is 0 Å². The number of nitriles is 1. The molecule has 0 aliphatic carbocycles. The van der Waals surface area contributed by atoms with E-state index in [9.17, 15) is 4.79 Å². The van der Waals surface area contributed by atoms with E-state index < -0.39 is 0 Å². The summed E-state index contributed by atoms with van der Waals surface area (Å²) >= 11 is 0. The number of likely N-dealkylation sites (tertiary alicyclic amines) is 1. The van der Waals surface area contributed by atoms with Crippen LogP contribution in [0.4, 0.5) is 5.69 Å². The van der Waals surface area contributed by atoms with Crippen LogP contribution in [0.25, 0.3) is 0 Å². The fraction of sp³-hybridized carbons (Fsp3) is 0.500. The van der Waals surface area contributed by atoms with Gasteiger partial charge in [-0.2, -0.15) is 5.26 Å². The Hall–Kier alpha value is -1.90. The molecule has 1 amide bonds. The second-order valence-electron chi connectivity index (χ2n) is 5.16. The molecule has 1 fully saturated rings. The molecule has 0 radical (unpaired) electrons. The van der Waals surface area contributed by atoms with Crippen molar-refractivity contribution in [1.29, 1.82) is 5.26 Å². The first-order chi connectivity index (χ1) is 10.2. The molecule has 1 aromatic carbocycles. The Morgan fingerprint density at radius 2 is 2.33 bits per heavy atom. The molecule has 1 saturated heterocycles. The zero-order chi connectivity index (χ0) is 15.1. The molecular formula is C16H21N3O2. The molecule has 1 atom stereocenters. The maximum atomic E-state index is 12.1. The van der Waals surface area contributed by atoms with Crippen molar-refractivity contribution in [2.45, 2.75) is 25.9 Å². The van der Waals surface area contributed by atoms with E-state index in [2.05, 4.69) is 16.3 Å². The lowest BCUT2D eigenvalue weighted by atomic mass is 10.1. The second kappa shape index (κ2) is 7.77. The molecule has 0 bridgehead atoms. The number of nitrogens with one attached hydrogen (secondary N) is 1. The van der Waals surface area contributed by atoms with Gasteiger partial charge in [0, 0.05) is 13.2 Å². The first-order valence-corrected chi connectivity index (χ1v) is 7.36. The predicted molar refractivity (Wildman–Crippen MR) is 80.9 cm³/mol. The van der Waals surface area contributed by atoms with Gasteiger partial charge in [-0.25, -0.2) is 0 Å². The Bertz CT molecular complexity index is 522. The smallest absolute Gasteiger partial charge is 0.238 e. The fourth-order valence-electron chi connectivity index (χ4n) is 2.61. The SMILES string of the molecule is CCOC1CCCN(CC(=O)Nc2ccccc2C#N)C1. The lowest BCUT2D eigenvalue weighted by Gasteiger charge is -2.31. The van der Waals surface area contributed by atoms with Crippen LogP contribution in [0.5, 0.6) is 0 Å². The van der Waals surface area contributed by atoms with Crippen molar-refractivity contribution in [2.75, 3.05) is 31.6 Å². The minimum Gasteiger partial charge on any atom is -0.377 e. The zero-order valence-electron chi connectivity index (χ0n) is 12.3. The van der Waals surface area contributed by atoms with Gasteiger partial charge in [0.1, 0.15) is 6.07 Å². The number of benzene rings is 1. The van der Waals surface area contributed by atoms with Crippen LogP contribution in [0.3, 0.4) is 0 Å². The van der Waals surface area contributed by atoms with E-state index in [1.807, 2.05) is 13.0 Å². The van der Waals surface area contributed by atoms with Gasteiger partial charge in [-0.1, -0.05) is 12.1 Å². The Balaban J connectivity index is 1.88. The van der Waals surface area contributed by atoms with Crippen molar-refractivity contribution in [2.24, 2.45) is 0 Å². The zero-order valence-corrected chi connectivity index (χ0v) is 12.3. The standard InChI is InChI=1S/C16H21N3O2/c1-2-21-14-7-5-9-19(11-14)12-16(20)18-15-8-4-3-6-13(15)10-17/h3-4,6,8,14H,2,5,7,9,11-12H2,1H3,(H,18,20). The molecule has 1 aliphatic rings. The summed E-state index contributed by atoms with van der Waals surface area (Å²) in [4.78, 5) is 14.2. The largest absolute Gasteiger partial charge is 0.377 e. The van der Waals surface area contributed by atoms with Crippen LogP contribution in [0.2, 0.25) is 0 Å². The van der Waals surface area contributed by atoms with Gasteiger partial charge in [0.25, 0.3) is 0 Å². The van der Waals surface area contributed by atoms with E-state index in [1.54, 1.807) is 18.2 Å². The highest BCUT2D eigenvalue weighted by Gasteiger charge is 2.21. The normalized spacial score (nSPS) is 19.0. The lowest BCUT2D eigenvalue weighted by Crippen LogP contribution is -2.43. The van der Waals surface area contributed by atoms with Crippen molar-refractivity contribution in [1.82, 2.24) is 4.90 Å². The number of carbonyl (C=O) groups excluding carboxylic acids is 1. The van der Waals surface area contributed by atoms with Gasteiger partial charge >= 0.3 is 0 Å². The van der Waals surface area contributed by atoms with E-state index in [1.165, 1.54) is 0 Å². The maximum Gasteiger partial charge on any atom is 0.238 e. The predicted octanol–water partition coefficient (Wildman–Crippen LogP) is 2.00. The van der Waals surface area contributed by atoms with Crippen molar-refractivity contribution in [3.8, 4) is 6.07 Å². The summed E-state index contributed by atoms with van der Waals surface area (Å²) in [5.74, 6) is -0.0881. The van der Waals surface area contributed by atoms with Crippen molar-refractivity contribution < 1.29 is 9.53 Å². The van der Waals surface area contributed by atoms with E-state index in [0.717, 1.165) is 25.9 Å². The van der Waals surface area contributed by atoms with Crippen molar-refractivity contribution in [3.05, 3.63) is 29.8 Å². The molecule has 1 aliphatic heterocycles. The summed E-state index contributed by atoms with van der Waals surface area (Å²) < 4.78 is 5.63. The number of nitrogens with zero attached hydrogens (tertiary/aromatic N) is 2. The molecular weight excluding hydrogens is 266 g/mol. The van der Waals surface area contributed by atoms with Crippen molar-refractivity contribution in [3.63, 3.8) is 0 Å². The van der Waals surface area contributed by atoms with E-state index in [-0.39, 0.29) is 12.0 Å². The van der Waals surface area contributed by atoms with Gasteiger partial charge < -0.3 is 10.1 Å². The summed E-state index contributed by atoms with van der Waals surface area (Å²) in [6.07, 6.45) is 2.33. The Morgan fingerprint density at radius 1 is 1.52 bits per heavy atom. The summed E-state index contributed by atoms with van der Waals surface area (Å²) in [5.41, 5.74) is 1.06. The molecule has 21 heavy (non-hydrogen) atoms. The first kappa shape index (κ1) is 15.5. The number of hydrogen-bond donors (Lipinski definition) is 1. The van der Waals surface area contributed by atoms with Crippen LogP contribution >= 0.6 is 0 Å². The van der Waals surface area contributed by atoms with Crippen molar-refractivity contribution >= 4 is 11.6 Å². The molecule has 1 unspecified atom stereocenters. The topological polar surface area (TPSA) is 65.4 Å². The third-order valence-corrected chi connectivity index (χ3v) is 3.55. The number of amides is 1. The number of piperidine rings is 1. The van der Waals surface area contributed by atoms with Gasteiger partial charge in [-0.3, -0.25) is 9.69 Å². The molecule has 1 aromatic rings.